The van der Waals surface area contributed by atoms with Gasteiger partial charge in [-0.15, -0.1) is 0 Å². The molecule has 1 aromatic carbocycles. The number of amides is 2. The van der Waals surface area contributed by atoms with Crippen molar-refractivity contribution < 1.29 is 9.59 Å². The van der Waals surface area contributed by atoms with Crippen molar-refractivity contribution in [3.05, 3.63) is 35.9 Å². The summed E-state index contributed by atoms with van der Waals surface area (Å²) in [5, 5.41) is 2.80. The molecule has 0 radical (unpaired) electrons. The summed E-state index contributed by atoms with van der Waals surface area (Å²) < 4.78 is 0. The topological polar surface area (TPSA) is 75.4 Å². The molecule has 2 amide bonds. The molecule has 0 spiro atoms. The van der Waals surface area contributed by atoms with Crippen molar-refractivity contribution in [1.29, 1.82) is 0 Å². The van der Waals surface area contributed by atoms with Gasteiger partial charge in [0.1, 0.15) is 6.04 Å². The van der Waals surface area contributed by atoms with E-state index in [4.69, 9.17) is 5.73 Å². The zero-order chi connectivity index (χ0) is 14.5. The van der Waals surface area contributed by atoms with Crippen molar-refractivity contribution in [1.82, 2.24) is 10.2 Å². The molecular formula is C15H21N3O2. The van der Waals surface area contributed by atoms with Gasteiger partial charge in [-0.2, -0.15) is 0 Å². The molecule has 5 heteroatoms. The number of carbonyl (C=O) groups excluding carboxylic acids is 2. The molecule has 1 heterocycles. The van der Waals surface area contributed by atoms with Crippen LogP contribution in [0.15, 0.2) is 30.3 Å². The fourth-order valence-electron chi connectivity index (χ4n) is 2.65. The highest BCUT2D eigenvalue weighted by Gasteiger charge is 2.35. The number of nitrogens with two attached hydrogens (primary N) is 1. The van der Waals surface area contributed by atoms with Crippen molar-refractivity contribution >= 4 is 11.8 Å². The second-order valence-electron chi connectivity index (χ2n) is 4.95. The summed E-state index contributed by atoms with van der Waals surface area (Å²) in [7, 11) is 0. The first-order chi connectivity index (χ1) is 9.69. The molecule has 0 aliphatic carbocycles. The lowest BCUT2D eigenvalue weighted by atomic mass is 9.96. The Labute approximate surface area is 119 Å². The van der Waals surface area contributed by atoms with Gasteiger partial charge in [0, 0.05) is 19.6 Å². The van der Waals surface area contributed by atoms with Crippen LogP contribution in [-0.4, -0.2) is 42.4 Å². The van der Waals surface area contributed by atoms with E-state index in [0.29, 0.717) is 19.5 Å². The highest BCUT2D eigenvalue weighted by Crippen LogP contribution is 2.20. The largest absolute Gasteiger partial charge is 0.353 e. The molecule has 1 aliphatic heterocycles. The molecule has 1 aromatic rings. The van der Waals surface area contributed by atoms with E-state index >= 15 is 0 Å². The van der Waals surface area contributed by atoms with Crippen molar-refractivity contribution in [2.24, 2.45) is 5.73 Å². The van der Waals surface area contributed by atoms with E-state index in [2.05, 4.69) is 5.32 Å². The fraction of sp³-hybridized carbons (Fsp3) is 0.467. The number of nitrogens with one attached hydrogen (secondary N) is 1. The summed E-state index contributed by atoms with van der Waals surface area (Å²) in [5.74, 6) is -0.507. The monoisotopic (exact) mass is 275 g/mol. The molecule has 0 aromatic heterocycles. The minimum absolute atomic E-state index is 0.0552. The molecule has 0 saturated carbocycles. The number of rotatable bonds is 4. The van der Waals surface area contributed by atoms with Crippen molar-refractivity contribution in [2.75, 3.05) is 19.6 Å². The standard InChI is InChI=1S/C15H21N3O2/c1-2-13-14(19)17-8-9-18(13)15(20)12(10-16)11-6-4-3-5-7-11/h3-7,12-13H,2,8-10,16H2,1H3,(H,17,19). The fourth-order valence-corrected chi connectivity index (χ4v) is 2.65. The van der Waals surface area contributed by atoms with Crippen LogP contribution in [0.5, 0.6) is 0 Å². The van der Waals surface area contributed by atoms with Gasteiger partial charge in [0.25, 0.3) is 0 Å². The lowest BCUT2D eigenvalue weighted by Gasteiger charge is -2.36. The summed E-state index contributed by atoms with van der Waals surface area (Å²) in [5.41, 5.74) is 6.69. The predicted octanol–water partition coefficient (Wildman–Crippen LogP) is 0.466. The molecule has 2 atom stereocenters. The Bertz CT molecular complexity index is 475. The minimum atomic E-state index is -0.381. The Balaban J connectivity index is 2.21. The highest BCUT2D eigenvalue weighted by atomic mass is 16.2. The first-order valence-corrected chi connectivity index (χ1v) is 7.02. The van der Waals surface area contributed by atoms with Gasteiger partial charge in [-0.25, -0.2) is 0 Å². The number of hydrogen-bond acceptors (Lipinski definition) is 3. The summed E-state index contributed by atoms with van der Waals surface area (Å²) in [6.45, 7) is 3.22. The van der Waals surface area contributed by atoms with E-state index in [0.717, 1.165) is 5.56 Å². The summed E-state index contributed by atoms with van der Waals surface area (Å²) in [6.07, 6.45) is 0.615. The van der Waals surface area contributed by atoms with Crippen LogP contribution in [0.3, 0.4) is 0 Å². The minimum Gasteiger partial charge on any atom is -0.353 e. The lowest BCUT2D eigenvalue weighted by molar-refractivity contribution is -0.144. The molecule has 20 heavy (non-hydrogen) atoms. The van der Waals surface area contributed by atoms with Crippen LogP contribution >= 0.6 is 0 Å². The summed E-state index contributed by atoms with van der Waals surface area (Å²) in [4.78, 5) is 26.2. The van der Waals surface area contributed by atoms with Crippen LogP contribution in [0, 0.1) is 0 Å². The molecule has 1 saturated heterocycles. The third-order valence-electron chi connectivity index (χ3n) is 3.74. The van der Waals surface area contributed by atoms with E-state index < -0.39 is 0 Å². The molecular weight excluding hydrogens is 254 g/mol. The Morgan fingerprint density at radius 3 is 2.75 bits per heavy atom. The lowest BCUT2D eigenvalue weighted by Crippen LogP contribution is -2.58. The van der Waals surface area contributed by atoms with Crippen LogP contribution in [0.1, 0.15) is 24.8 Å². The normalized spacial score (nSPS) is 20.4. The van der Waals surface area contributed by atoms with Gasteiger partial charge in [-0.1, -0.05) is 37.3 Å². The average molecular weight is 275 g/mol. The average Bonchev–Trinajstić information content (AvgIpc) is 2.48. The molecule has 5 nitrogen and oxygen atoms in total. The van der Waals surface area contributed by atoms with Crippen LogP contribution in [0.4, 0.5) is 0 Å². The van der Waals surface area contributed by atoms with Gasteiger partial charge < -0.3 is 16.0 Å². The zero-order valence-electron chi connectivity index (χ0n) is 11.7. The zero-order valence-corrected chi connectivity index (χ0v) is 11.7. The maximum Gasteiger partial charge on any atom is 0.242 e. The Morgan fingerprint density at radius 2 is 2.15 bits per heavy atom. The van der Waals surface area contributed by atoms with E-state index in [1.807, 2.05) is 37.3 Å². The summed E-state index contributed by atoms with van der Waals surface area (Å²) in [6, 6.07) is 9.12. The Morgan fingerprint density at radius 1 is 1.45 bits per heavy atom. The quantitative estimate of drug-likeness (QED) is 0.838. The predicted molar refractivity (Wildman–Crippen MR) is 77.0 cm³/mol. The van der Waals surface area contributed by atoms with Gasteiger partial charge in [-0.05, 0) is 12.0 Å². The summed E-state index contributed by atoms with van der Waals surface area (Å²) >= 11 is 0. The number of piperazine rings is 1. The van der Waals surface area contributed by atoms with Gasteiger partial charge in [0.2, 0.25) is 11.8 Å². The second-order valence-corrected chi connectivity index (χ2v) is 4.95. The van der Waals surface area contributed by atoms with Crippen molar-refractivity contribution in [2.45, 2.75) is 25.3 Å². The smallest absolute Gasteiger partial charge is 0.242 e. The molecule has 1 aliphatic rings. The van der Waals surface area contributed by atoms with Crippen molar-refractivity contribution in [3.63, 3.8) is 0 Å². The van der Waals surface area contributed by atoms with Crippen LogP contribution in [0.25, 0.3) is 0 Å². The Kier molecular flexibility index (Phi) is 4.74. The molecule has 108 valence electrons. The van der Waals surface area contributed by atoms with E-state index in [-0.39, 0.29) is 30.3 Å². The van der Waals surface area contributed by atoms with Gasteiger partial charge in [-0.3, -0.25) is 9.59 Å². The highest BCUT2D eigenvalue weighted by molar-refractivity contribution is 5.91. The molecule has 0 bridgehead atoms. The third kappa shape index (κ3) is 2.82. The maximum absolute atomic E-state index is 12.7. The number of benzene rings is 1. The first-order valence-electron chi connectivity index (χ1n) is 7.02. The number of carbonyl (C=O) groups is 2. The van der Waals surface area contributed by atoms with E-state index in [1.54, 1.807) is 4.90 Å². The Hall–Kier alpha value is -1.88. The molecule has 3 N–H and O–H groups in total. The van der Waals surface area contributed by atoms with Crippen molar-refractivity contribution in [3.8, 4) is 0 Å². The van der Waals surface area contributed by atoms with E-state index in [9.17, 15) is 9.59 Å². The van der Waals surface area contributed by atoms with Crippen LogP contribution in [0.2, 0.25) is 0 Å². The SMILES string of the molecule is CCC1C(=O)NCCN1C(=O)C(CN)c1ccccc1. The first kappa shape index (κ1) is 14.5. The second kappa shape index (κ2) is 6.52. The molecule has 2 unspecified atom stereocenters. The van der Waals surface area contributed by atoms with Gasteiger partial charge >= 0.3 is 0 Å². The molecule has 1 fully saturated rings. The van der Waals surface area contributed by atoms with Crippen LogP contribution in [-0.2, 0) is 9.59 Å². The van der Waals surface area contributed by atoms with Gasteiger partial charge in [0.05, 0.1) is 5.92 Å². The number of nitrogens with zero attached hydrogens (tertiary/aromatic N) is 1. The number of hydrogen-bond donors (Lipinski definition) is 2. The van der Waals surface area contributed by atoms with E-state index in [1.165, 1.54) is 0 Å². The van der Waals surface area contributed by atoms with Crippen LogP contribution < -0.4 is 11.1 Å². The van der Waals surface area contributed by atoms with Gasteiger partial charge in [0.15, 0.2) is 0 Å². The third-order valence-corrected chi connectivity index (χ3v) is 3.74. The molecule has 2 rings (SSSR count). The maximum atomic E-state index is 12.7.